The number of likely N-dealkylation sites (tertiary alicyclic amines) is 1. The smallest absolute Gasteiger partial charge is 0.149 e. The third kappa shape index (κ3) is 2.76. The number of ether oxygens (including phenoxy) is 1. The Bertz CT molecular complexity index is 331. The second-order valence-electron chi connectivity index (χ2n) is 4.58. The van der Waals surface area contributed by atoms with Gasteiger partial charge in [0.1, 0.15) is 12.0 Å². The van der Waals surface area contributed by atoms with E-state index in [4.69, 9.17) is 4.74 Å². The van der Waals surface area contributed by atoms with Crippen molar-refractivity contribution in [1.82, 2.24) is 4.90 Å². The summed E-state index contributed by atoms with van der Waals surface area (Å²) in [6.45, 7) is 6.59. The number of rotatable bonds is 3. The molecular weight excluding hydrogens is 198 g/mol. The lowest BCUT2D eigenvalue weighted by atomic mass is 10.1. The standard InChI is InChI=1S/C14H21NO/c1-12-8-4-5-9-14(12)16-13(2)15-10-6-3-7-11-15/h4-5,8-9,13H,3,6-7,10-11H2,1-2H3. The zero-order valence-corrected chi connectivity index (χ0v) is 10.3. The summed E-state index contributed by atoms with van der Waals surface area (Å²) in [5.41, 5.74) is 1.21. The van der Waals surface area contributed by atoms with Gasteiger partial charge in [-0.05, 0) is 38.3 Å². The normalized spacial score (nSPS) is 19.4. The van der Waals surface area contributed by atoms with Crippen molar-refractivity contribution in [3.05, 3.63) is 29.8 Å². The number of benzene rings is 1. The molecule has 2 heteroatoms. The van der Waals surface area contributed by atoms with Gasteiger partial charge in [0, 0.05) is 13.1 Å². The van der Waals surface area contributed by atoms with Crippen LogP contribution in [0, 0.1) is 6.92 Å². The van der Waals surface area contributed by atoms with Gasteiger partial charge >= 0.3 is 0 Å². The van der Waals surface area contributed by atoms with E-state index in [0.717, 1.165) is 5.75 Å². The summed E-state index contributed by atoms with van der Waals surface area (Å²) in [7, 11) is 0. The topological polar surface area (TPSA) is 12.5 Å². The van der Waals surface area contributed by atoms with Crippen molar-refractivity contribution in [3.63, 3.8) is 0 Å². The van der Waals surface area contributed by atoms with Gasteiger partial charge in [-0.25, -0.2) is 0 Å². The Kier molecular flexibility index (Phi) is 3.83. The highest BCUT2D eigenvalue weighted by Crippen LogP contribution is 2.20. The summed E-state index contributed by atoms with van der Waals surface area (Å²) in [4.78, 5) is 2.43. The zero-order chi connectivity index (χ0) is 11.4. The van der Waals surface area contributed by atoms with Crippen LogP contribution in [0.25, 0.3) is 0 Å². The average molecular weight is 219 g/mol. The van der Waals surface area contributed by atoms with Crippen molar-refractivity contribution in [2.24, 2.45) is 0 Å². The average Bonchev–Trinajstić information content (AvgIpc) is 2.33. The molecule has 0 spiro atoms. The van der Waals surface area contributed by atoms with Crippen LogP contribution < -0.4 is 4.74 Å². The van der Waals surface area contributed by atoms with E-state index in [1.54, 1.807) is 0 Å². The van der Waals surface area contributed by atoms with Gasteiger partial charge in [-0.2, -0.15) is 0 Å². The molecule has 2 rings (SSSR count). The summed E-state index contributed by atoms with van der Waals surface area (Å²) in [6, 6.07) is 8.23. The SMILES string of the molecule is Cc1ccccc1OC(C)N1CCCCC1. The Morgan fingerprint density at radius 2 is 1.81 bits per heavy atom. The molecule has 1 heterocycles. The van der Waals surface area contributed by atoms with Crippen LogP contribution in [-0.2, 0) is 0 Å². The van der Waals surface area contributed by atoms with Crippen LogP contribution in [0.4, 0.5) is 0 Å². The maximum Gasteiger partial charge on any atom is 0.149 e. The van der Waals surface area contributed by atoms with Gasteiger partial charge in [-0.3, -0.25) is 4.90 Å². The van der Waals surface area contributed by atoms with E-state index in [2.05, 4.69) is 30.9 Å². The molecule has 0 radical (unpaired) electrons. The molecule has 88 valence electrons. The van der Waals surface area contributed by atoms with E-state index in [1.807, 2.05) is 12.1 Å². The Labute approximate surface area is 98.2 Å². The van der Waals surface area contributed by atoms with Gasteiger partial charge in [-0.15, -0.1) is 0 Å². The first kappa shape index (κ1) is 11.5. The molecule has 1 saturated heterocycles. The van der Waals surface area contributed by atoms with Crippen molar-refractivity contribution < 1.29 is 4.74 Å². The molecule has 1 aliphatic heterocycles. The molecule has 0 amide bonds. The van der Waals surface area contributed by atoms with Gasteiger partial charge in [0.15, 0.2) is 0 Å². The van der Waals surface area contributed by atoms with E-state index < -0.39 is 0 Å². The predicted molar refractivity (Wildman–Crippen MR) is 66.7 cm³/mol. The third-order valence-corrected chi connectivity index (χ3v) is 3.30. The van der Waals surface area contributed by atoms with Crippen LogP contribution >= 0.6 is 0 Å². The first-order chi connectivity index (χ1) is 7.77. The quantitative estimate of drug-likeness (QED) is 0.774. The lowest BCUT2D eigenvalue weighted by molar-refractivity contribution is 0.0257. The summed E-state index contributed by atoms with van der Waals surface area (Å²) >= 11 is 0. The van der Waals surface area contributed by atoms with Crippen molar-refractivity contribution >= 4 is 0 Å². The molecule has 1 aromatic rings. The molecular formula is C14H21NO. The van der Waals surface area contributed by atoms with Crippen molar-refractivity contribution in [2.45, 2.75) is 39.3 Å². The highest BCUT2D eigenvalue weighted by Gasteiger charge is 2.17. The molecule has 0 saturated carbocycles. The summed E-state index contributed by atoms with van der Waals surface area (Å²) in [5.74, 6) is 1.01. The van der Waals surface area contributed by atoms with E-state index in [9.17, 15) is 0 Å². The molecule has 1 aromatic carbocycles. The molecule has 2 nitrogen and oxygen atoms in total. The van der Waals surface area contributed by atoms with E-state index >= 15 is 0 Å². The lowest BCUT2D eigenvalue weighted by Gasteiger charge is -2.32. The van der Waals surface area contributed by atoms with E-state index in [-0.39, 0.29) is 6.23 Å². The molecule has 16 heavy (non-hydrogen) atoms. The van der Waals surface area contributed by atoms with Gasteiger partial charge < -0.3 is 4.74 Å². The minimum absolute atomic E-state index is 0.196. The predicted octanol–water partition coefficient (Wildman–Crippen LogP) is 3.21. The summed E-state index contributed by atoms with van der Waals surface area (Å²) < 4.78 is 6.01. The number of piperidine rings is 1. The molecule has 0 aromatic heterocycles. The van der Waals surface area contributed by atoms with Crippen LogP contribution in [0.1, 0.15) is 31.7 Å². The maximum absolute atomic E-state index is 6.01. The lowest BCUT2D eigenvalue weighted by Crippen LogP contribution is -2.40. The fraction of sp³-hybridized carbons (Fsp3) is 0.571. The first-order valence-electron chi connectivity index (χ1n) is 6.24. The fourth-order valence-corrected chi connectivity index (χ4v) is 2.23. The summed E-state index contributed by atoms with van der Waals surface area (Å²) in [6.07, 6.45) is 4.18. The van der Waals surface area contributed by atoms with Gasteiger partial charge in [0.2, 0.25) is 0 Å². The number of hydrogen-bond acceptors (Lipinski definition) is 2. The second-order valence-corrected chi connectivity index (χ2v) is 4.58. The van der Waals surface area contributed by atoms with Crippen LogP contribution in [0.5, 0.6) is 5.75 Å². The van der Waals surface area contributed by atoms with Crippen molar-refractivity contribution in [1.29, 1.82) is 0 Å². The Morgan fingerprint density at radius 1 is 1.12 bits per heavy atom. The molecule has 1 atom stereocenters. The summed E-state index contributed by atoms with van der Waals surface area (Å²) in [5, 5.41) is 0. The van der Waals surface area contributed by atoms with Gasteiger partial charge in [0.05, 0.1) is 0 Å². The first-order valence-corrected chi connectivity index (χ1v) is 6.24. The van der Waals surface area contributed by atoms with Crippen molar-refractivity contribution in [3.8, 4) is 5.75 Å². The van der Waals surface area contributed by atoms with E-state index in [1.165, 1.54) is 37.9 Å². The molecule has 0 aliphatic carbocycles. The van der Waals surface area contributed by atoms with Crippen LogP contribution in [-0.4, -0.2) is 24.2 Å². The molecule has 1 fully saturated rings. The van der Waals surface area contributed by atoms with Crippen LogP contribution in [0.3, 0.4) is 0 Å². The highest BCUT2D eigenvalue weighted by molar-refractivity contribution is 5.31. The Morgan fingerprint density at radius 3 is 2.50 bits per heavy atom. The molecule has 0 N–H and O–H groups in total. The Balaban J connectivity index is 1.96. The number of nitrogens with zero attached hydrogens (tertiary/aromatic N) is 1. The van der Waals surface area contributed by atoms with Crippen LogP contribution in [0.15, 0.2) is 24.3 Å². The van der Waals surface area contributed by atoms with Crippen molar-refractivity contribution in [2.75, 3.05) is 13.1 Å². The number of para-hydroxylation sites is 1. The number of aryl methyl sites for hydroxylation is 1. The van der Waals surface area contributed by atoms with E-state index in [0.29, 0.717) is 0 Å². The number of hydrogen-bond donors (Lipinski definition) is 0. The maximum atomic E-state index is 6.01. The minimum atomic E-state index is 0.196. The molecule has 1 unspecified atom stereocenters. The van der Waals surface area contributed by atoms with Gasteiger partial charge in [-0.1, -0.05) is 24.6 Å². The minimum Gasteiger partial charge on any atom is -0.475 e. The molecule has 0 bridgehead atoms. The third-order valence-electron chi connectivity index (χ3n) is 3.30. The van der Waals surface area contributed by atoms with Crippen LogP contribution in [0.2, 0.25) is 0 Å². The largest absolute Gasteiger partial charge is 0.475 e. The monoisotopic (exact) mass is 219 g/mol. The molecule has 1 aliphatic rings. The fourth-order valence-electron chi connectivity index (χ4n) is 2.23. The Hall–Kier alpha value is -1.02. The zero-order valence-electron chi connectivity index (χ0n) is 10.3. The second kappa shape index (κ2) is 5.35. The van der Waals surface area contributed by atoms with Gasteiger partial charge in [0.25, 0.3) is 0 Å². The highest BCUT2D eigenvalue weighted by atomic mass is 16.5.